The highest BCUT2D eigenvalue weighted by Gasteiger charge is 2.28. The summed E-state index contributed by atoms with van der Waals surface area (Å²) in [6.45, 7) is 0. The number of primary amides is 1. The average Bonchev–Trinajstić information content (AvgIpc) is 2.04. The second-order valence-corrected chi connectivity index (χ2v) is 3.31. The van der Waals surface area contributed by atoms with Crippen LogP contribution in [0.15, 0.2) is 0 Å². The van der Waals surface area contributed by atoms with Gasteiger partial charge in [-0.15, -0.1) is 0 Å². The minimum absolute atomic E-state index is 0.257. The van der Waals surface area contributed by atoms with Crippen LogP contribution in [0.5, 0.6) is 0 Å². The Labute approximate surface area is 75.2 Å². The number of carbonyl (C=O) groups is 1. The Hall–Kier alpha value is -0.870. The summed E-state index contributed by atoms with van der Waals surface area (Å²) in [6, 6.07) is 0. The Morgan fingerprint density at radius 3 is 2.23 bits per heavy atom. The predicted molar refractivity (Wildman–Crippen MR) is 42.4 cm³/mol. The van der Waals surface area contributed by atoms with Crippen molar-refractivity contribution in [2.45, 2.75) is 38.2 Å². The monoisotopic (exact) mass is 193 g/mol. The highest BCUT2D eigenvalue weighted by atomic mass is 19.3. The van der Waals surface area contributed by atoms with Gasteiger partial charge in [-0.1, -0.05) is 0 Å². The standard InChI is InChI=1S/C8H13F2NO2/c9-7(10)5-1-3-6(4-2-5)13-8(11)12/h5-7H,1-4H2,(H2,11,12). The van der Waals surface area contributed by atoms with Gasteiger partial charge in [0.1, 0.15) is 6.10 Å². The van der Waals surface area contributed by atoms with Gasteiger partial charge in [-0.25, -0.2) is 13.6 Å². The Morgan fingerprint density at radius 2 is 1.85 bits per heavy atom. The number of nitrogens with two attached hydrogens (primary N) is 1. The van der Waals surface area contributed by atoms with E-state index in [0.717, 1.165) is 0 Å². The number of carbonyl (C=O) groups excluding carboxylic acids is 1. The lowest BCUT2D eigenvalue weighted by Crippen LogP contribution is -2.29. The minimum atomic E-state index is -2.26. The van der Waals surface area contributed by atoms with Gasteiger partial charge in [-0.05, 0) is 25.7 Å². The van der Waals surface area contributed by atoms with Crippen molar-refractivity contribution in [2.24, 2.45) is 11.7 Å². The smallest absolute Gasteiger partial charge is 0.404 e. The molecule has 0 saturated heterocycles. The van der Waals surface area contributed by atoms with Crippen molar-refractivity contribution in [3.63, 3.8) is 0 Å². The molecule has 1 fully saturated rings. The second-order valence-electron chi connectivity index (χ2n) is 3.31. The molecule has 1 saturated carbocycles. The van der Waals surface area contributed by atoms with Crippen molar-refractivity contribution >= 4 is 6.09 Å². The number of amides is 1. The number of hydrogen-bond acceptors (Lipinski definition) is 2. The third-order valence-corrected chi connectivity index (χ3v) is 2.36. The zero-order chi connectivity index (χ0) is 9.84. The van der Waals surface area contributed by atoms with Gasteiger partial charge < -0.3 is 10.5 Å². The van der Waals surface area contributed by atoms with E-state index in [-0.39, 0.29) is 6.10 Å². The molecule has 0 heterocycles. The van der Waals surface area contributed by atoms with E-state index in [0.29, 0.717) is 25.7 Å². The molecular weight excluding hydrogens is 180 g/mol. The van der Waals surface area contributed by atoms with Crippen molar-refractivity contribution in [3.05, 3.63) is 0 Å². The first kappa shape index (κ1) is 10.2. The normalized spacial score (nSPS) is 28.8. The number of hydrogen-bond donors (Lipinski definition) is 1. The Bertz CT molecular complexity index is 179. The van der Waals surface area contributed by atoms with Crippen LogP contribution >= 0.6 is 0 Å². The lowest BCUT2D eigenvalue weighted by molar-refractivity contribution is 0.0158. The molecule has 1 aliphatic rings. The van der Waals surface area contributed by atoms with Gasteiger partial charge in [-0.2, -0.15) is 0 Å². The van der Waals surface area contributed by atoms with Gasteiger partial charge in [0.05, 0.1) is 0 Å². The molecule has 0 atom stereocenters. The van der Waals surface area contributed by atoms with Crippen LogP contribution in [-0.2, 0) is 4.74 Å². The maximum absolute atomic E-state index is 12.2. The van der Waals surface area contributed by atoms with Gasteiger partial charge in [0.2, 0.25) is 6.43 Å². The topological polar surface area (TPSA) is 52.3 Å². The first-order valence-electron chi connectivity index (χ1n) is 4.34. The van der Waals surface area contributed by atoms with E-state index in [1.54, 1.807) is 0 Å². The third-order valence-electron chi connectivity index (χ3n) is 2.36. The highest BCUT2D eigenvalue weighted by Crippen LogP contribution is 2.30. The summed E-state index contributed by atoms with van der Waals surface area (Å²) >= 11 is 0. The van der Waals surface area contributed by atoms with E-state index in [4.69, 9.17) is 10.5 Å². The predicted octanol–water partition coefficient (Wildman–Crippen LogP) is 1.91. The van der Waals surface area contributed by atoms with E-state index >= 15 is 0 Å². The van der Waals surface area contributed by atoms with Gasteiger partial charge in [0, 0.05) is 5.92 Å². The number of halogens is 2. The zero-order valence-corrected chi connectivity index (χ0v) is 7.21. The van der Waals surface area contributed by atoms with Crippen LogP contribution in [0.2, 0.25) is 0 Å². The molecule has 0 radical (unpaired) electrons. The molecule has 5 heteroatoms. The van der Waals surface area contributed by atoms with Crippen LogP contribution in [0.25, 0.3) is 0 Å². The van der Waals surface area contributed by atoms with Gasteiger partial charge in [-0.3, -0.25) is 0 Å². The van der Waals surface area contributed by atoms with E-state index in [2.05, 4.69) is 0 Å². The van der Waals surface area contributed by atoms with Crippen molar-refractivity contribution < 1.29 is 18.3 Å². The summed E-state index contributed by atoms with van der Waals surface area (Å²) in [5.74, 6) is -0.535. The maximum atomic E-state index is 12.2. The van der Waals surface area contributed by atoms with Crippen molar-refractivity contribution in [1.29, 1.82) is 0 Å². The first-order chi connectivity index (χ1) is 6.09. The lowest BCUT2D eigenvalue weighted by Gasteiger charge is -2.26. The van der Waals surface area contributed by atoms with Crippen molar-refractivity contribution in [1.82, 2.24) is 0 Å². The van der Waals surface area contributed by atoms with Gasteiger partial charge >= 0.3 is 6.09 Å². The minimum Gasteiger partial charge on any atom is -0.446 e. The van der Waals surface area contributed by atoms with Crippen LogP contribution in [0.1, 0.15) is 25.7 Å². The van der Waals surface area contributed by atoms with Gasteiger partial charge in [0.25, 0.3) is 0 Å². The molecule has 0 bridgehead atoms. The highest BCUT2D eigenvalue weighted by molar-refractivity contribution is 5.64. The zero-order valence-electron chi connectivity index (χ0n) is 7.21. The van der Waals surface area contributed by atoms with E-state index < -0.39 is 18.4 Å². The molecule has 0 unspecified atom stereocenters. The quantitative estimate of drug-likeness (QED) is 0.728. The lowest BCUT2D eigenvalue weighted by atomic mass is 9.88. The molecule has 1 aliphatic carbocycles. The number of alkyl halides is 2. The van der Waals surface area contributed by atoms with E-state index in [1.165, 1.54) is 0 Å². The third kappa shape index (κ3) is 3.16. The summed E-state index contributed by atoms with van der Waals surface area (Å²) in [4.78, 5) is 10.3. The second kappa shape index (κ2) is 4.39. The molecule has 1 amide bonds. The molecule has 1 rings (SSSR count). The van der Waals surface area contributed by atoms with Crippen molar-refractivity contribution in [3.8, 4) is 0 Å². The van der Waals surface area contributed by atoms with Gasteiger partial charge in [0.15, 0.2) is 0 Å². The van der Waals surface area contributed by atoms with E-state index in [9.17, 15) is 13.6 Å². The van der Waals surface area contributed by atoms with E-state index in [1.807, 2.05) is 0 Å². The molecule has 13 heavy (non-hydrogen) atoms. The molecule has 76 valence electrons. The SMILES string of the molecule is NC(=O)OC1CCC(C(F)F)CC1. The first-order valence-corrected chi connectivity index (χ1v) is 4.34. The maximum Gasteiger partial charge on any atom is 0.404 e. The molecule has 0 aromatic carbocycles. The Kier molecular flexibility index (Phi) is 3.45. The summed E-state index contributed by atoms with van der Waals surface area (Å²) < 4.78 is 29.1. The molecule has 0 aliphatic heterocycles. The molecule has 3 nitrogen and oxygen atoms in total. The number of ether oxygens (including phenoxy) is 1. The van der Waals surface area contributed by atoms with Crippen molar-refractivity contribution in [2.75, 3.05) is 0 Å². The van der Waals surface area contributed by atoms with Crippen LogP contribution in [0.3, 0.4) is 0 Å². The summed E-state index contributed by atoms with van der Waals surface area (Å²) in [5, 5.41) is 0. The molecule has 0 aromatic heterocycles. The Morgan fingerprint density at radius 1 is 1.31 bits per heavy atom. The fraction of sp³-hybridized carbons (Fsp3) is 0.875. The molecule has 0 aromatic rings. The molecule has 0 spiro atoms. The fourth-order valence-corrected chi connectivity index (χ4v) is 1.62. The Balaban J connectivity index is 2.26. The number of rotatable bonds is 2. The summed E-state index contributed by atoms with van der Waals surface area (Å²) in [7, 11) is 0. The molecular formula is C8H13F2NO2. The average molecular weight is 193 g/mol. The molecule has 2 N–H and O–H groups in total. The van der Waals surface area contributed by atoms with Crippen LogP contribution in [0, 0.1) is 5.92 Å². The summed E-state index contributed by atoms with van der Waals surface area (Å²) in [5.41, 5.74) is 4.81. The van der Waals surface area contributed by atoms with Crippen LogP contribution in [0.4, 0.5) is 13.6 Å². The fourth-order valence-electron chi connectivity index (χ4n) is 1.62. The largest absolute Gasteiger partial charge is 0.446 e. The summed E-state index contributed by atoms with van der Waals surface area (Å²) in [6.07, 6.45) is -1.51. The van der Waals surface area contributed by atoms with Crippen LogP contribution in [-0.4, -0.2) is 18.6 Å². The van der Waals surface area contributed by atoms with Crippen LogP contribution < -0.4 is 5.73 Å².